The Labute approximate surface area is 106 Å². The largest absolute Gasteiger partial charge is 0.349 e. The highest BCUT2D eigenvalue weighted by Crippen LogP contribution is 2.22. The summed E-state index contributed by atoms with van der Waals surface area (Å²) in [4.78, 5) is 11.4. The van der Waals surface area contributed by atoms with E-state index in [0.29, 0.717) is 10.7 Å². The van der Waals surface area contributed by atoms with E-state index in [0.717, 1.165) is 5.75 Å². The number of benzene rings is 1. The zero-order valence-electron chi connectivity index (χ0n) is 9.28. The van der Waals surface area contributed by atoms with Crippen molar-refractivity contribution in [1.82, 2.24) is 24.8 Å². The highest BCUT2D eigenvalue weighted by molar-refractivity contribution is 7.98. The second-order valence-corrected chi connectivity index (χ2v) is 4.60. The maximum absolute atomic E-state index is 11.4. The molecule has 1 N–H and O–H groups in total. The fourth-order valence-electron chi connectivity index (χ4n) is 1.55. The van der Waals surface area contributed by atoms with E-state index in [1.807, 2.05) is 30.3 Å². The van der Waals surface area contributed by atoms with Crippen molar-refractivity contribution in [2.45, 2.75) is 10.8 Å². The van der Waals surface area contributed by atoms with Crippen molar-refractivity contribution in [2.75, 3.05) is 0 Å². The van der Waals surface area contributed by atoms with Crippen LogP contribution in [-0.2, 0) is 5.75 Å². The molecule has 0 radical (unpaired) electrons. The predicted octanol–water partition coefficient (Wildman–Crippen LogP) is 1.10. The number of hydrogen-bond acceptors (Lipinski definition) is 5. The third kappa shape index (κ3) is 2.00. The molecule has 3 aromatic rings. The van der Waals surface area contributed by atoms with Gasteiger partial charge in [-0.1, -0.05) is 42.1 Å². The normalized spacial score (nSPS) is 10.9. The number of thioether (sulfide) groups is 1. The Bertz CT molecular complexity index is 721. The van der Waals surface area contributed by atoms with Crippen LogP contribution in [0.1, 0.15) is 5.56 Å². The molecule has 90 valence electrons. The van der Waals surface area contributed by atoms with Crippen molar-refractivity contribution in [3.05, 3.63) is 52.7 Å². The number of aromatic amines is 1. The standard InChI is InChI=1S/C11H9N5OS/c17-11-15-14-10(9-13-12-7-16(9)11)18-6-8-4-2-1-3-5-8/h1-5,7H,6H2,(H,15,17). The predicted molar refractivity (Wildman–Crippen MR) is 67.4 cm³/mol. The molecule has 6 nitrogen and oxygen atoms in total. The first-order valence-corrected chi connectivity index (χ1v) is 6.28. The number of rotatable bonds is 3. The monoisotopic (exact) mass is 259 g/mol. The lowest BCUT2D eigenvalue weighted by atomic mass is 10.2. The second-order valence-electron chi connectivity index (χ2n) is 3.63. The first-order chi connectivity index (χ1) is 8.84. The van der Waals surface area contributed by atoms with Crippen molar-refractivity contribution in [1.29, 1.82) is 0 Å². The van der Waals surface area contributed by atoms with Gasteiger partial charge in [-0.2, -0.15) is 5.10 Å². The molecule has 0 aliphatic rings. The van der Waals surface area contributed by atoms with Crippen LogP contribution >= 0.6 is 11.8 Å². The van der Waals surface area contributed by atoms with Crippen LogP contribution < -0.4 is 5.69 Å². The highest BCUT2D eigenvalue weighted by atomic mass is 32.2. The minimum Gasteiger partial charge on any atom is -0.246 e. The lowest BCUT2D eigenvalue weighted by Crippen LogP contribution is -2.17. The van der Waals surface area contributed by atoms with Gasteiger partial charge in [-0.3, -0.25) is 0 Å². The van der Waals surface area contributed by atoms with E-state index in [2.05, 4.69) is 20.4 Å². The van der Waals surface area contributed by atoms with Gasteiger partial charge in [-0.25, -0.2) is 14.3 Å². The Morgan fingerprint density at radius 1 is 1.28 bits per heavy atom. The number of fused-ring (bicyclic) bond motifs is 1. The third-order valence-corrected chi connectivity index (χ3v) is 3.45. The van der Waals surface area contributed by atoms with Crippen molar-refractivity contribution in [3.63, 3.8) is 0 Å². The van der Waals surface area contributed by atoms with Crippen molar-refractivity contribution < 1.29 is 0 Å². The lowest BCUT2D eigenvalue weighted by Gasteiger charge is -2.01. The lowest BCUT2D eigenvalue weighted by molar-refractivity contribution is 0.823. The highest BCUT2D eigenvalue weighted by Gasteiger charge is 2.08. The summed E-state index contributed by atoms with van der Waals surface area (Å²) in [7, 11) is 0. The summed E-state index contributed by atoms with van der Waals surface area (Å²) in [5.74, 6) is 0.766. The van der Waals surface area contributed by atoms with Crippen LogP contribution in [0.15, 0.2) is 46.5 Å². The number of nitrogens with zero attached hydrogens (tertiary/aromatic N) is 4. The van der Waals surface area contributed by atoms with E-state index in [9.17, 15) is 4.79 Å². The molecule has 0 fully saturated rings. The minimum absolute atomic E-state index is 0.334. The molecule has 0 aliphatic carbocycles. The Balaban J connectivity index is 1.90. The SMILES string of the molecule is O=c1[nH]nc(SCc2ccccc2)c2nncn12. The van der Waals surface area contributed by atoms with Gasteiger partial charge in [0.2, 0.25) is 0 Å². The minimum atomic E-state index is -0.334. The van der Waals surface area contributed by atoms with Crippen molar-refractivity contribution in [2.24, 2.45) is 0 Å². The summed E-state index contributed by atoms with van der Waals surface area (Å²) < 4.78 is 1.35. The fraction of sp³-hybridized carbons (Fsp3) is 0.0909. The molecule has 3 rings (SSSR count). The van der Waals surface area contributed by atoms with E-state index >= 15 is 0 Å². The van der Waals surface area contributed by atoms with Gasteiger partial charge >= 0.3 is 5.69 Å². The zero-order valence-corrected chi connectivity index (χ0v) is 10.1. The van der Waals surface area contributed by atoms with Crippen LogP contribution in [0, 0.1) is 0 Å². The Hall–Kier alpha value is -2.15. The molecule has 0 saturated carbocycles. The van der Waals surface area contributed by atoms with E-state index < -0.39 is 0 Å². The molecular formula is C11H9N5OS. The molecule has 1 aromatic carbocycles. The zero-order chi connectivity index (χ0) is 12.4. The Morgan fingerprint density at radius 2 is 2.11 bits per heavy atom. The van der Waals surface area contributed by atoms with Gasteiger partial charge in [0, 0.05) is 5.75 Å². The third-order valence-electron chi connectivity index (χ3n) is 2.43. The maximum Gasteiger partial charge on any atom is 0.349 e. The van der Waals surface area contributed by atoms with Gasteiger partial charge in [0.15, 0.2) is 10.7 Å². The molecule has 18 heavy (non-hydrogen) atoms. The van der Waals surface area contributed by atoms with E-state index in [1.165, 1.54) is 28.1 Å². The molecule has 2 aromatic heterocycles. The van der Waals surface area contributed by atoms with E-state index in [4.69, 9.17) is 0 Å². The average Bonchev–Trinajstić information content (AvgIpc) is 2.90. The number of nitrogens with one attached hydrogen (secondary N) is 1. The smallest absolute Gasteiger partial charge is 0.246 e. The summed E-state index contributed by atoms with van der Waals surface area (Å²) in [5.41, 5.74) is 1.34. The van der Waals surface area contributed by atoms with Gasteiger partial charge in [-0.15, -0.1) is 10.2 Å². The Kier molecular flexibility index (Phi) is 2.81. The summed E-state index contributed by atoms with van der Waals surface area (Å²) in [6.07, 6.45) is 1.38. The molecule has 0 bridgehead atoms. The molecule has 0 saturated heterocycles. The summed E-state index contributed by atoms with van der Waals surface area (Å²) in [6, 6.07) is 10.0. The average molecular weight is 259 g/mol. The van der Waals surface area contributed by atoms with Gasteiger partial charge in [0.25, 0.3) is 0 Å². The molecule has 0 unspecified atom stereocenters. The molecule has 0 amide bonds. The van der Waals surface area contributed by atoms with Gasteiger partial charge in [-0.05, 0) is 5.56 Å². The fourth-order valence-corrected chi connectivity index (χ4v) is 2.43. The molecule has 2 heterocycles. The molecule has 0 spiro atoms. The summed E-state index contributed by atoms with van der Waals surface area (Å²) in [6.45, 7) is 0. The molecule has 0 aliphatic heterocycles. The maximum atomic E-state index is 11.4. The first kappa shape index (κ1) is 11.0. The van der Waals surface area contributed by atoms with Crippen LogP contribution in [0.4, 0.5) is 0 Å². The first-order valence-electron chi connectivity index (χ1n) is 5.30. The molecular weight excluding hydrogens is 250 g/mol. The summed E-state index contributed by atoms with van der Waals surface area (Å²) in [5, 5.41) is 14.7. The van der Waals surface area contributed by atoms with Crippen LogP contribution in [0.25, 0.3) is 5.65 Å². The summed E-state index contributed by atoms with van der Waals surface area (Å²) >= 11 is 1.51. The van der Waals surface area contributed by atoms with Crippen LogP contribution in [0.2, 0.25) is 0 Å². The Morgan fingerprint density at radius 3 is 2.94 bits per heavy atom. The number of H-pyrrole nitrogens is 1. The van der Waals surface area contributed by atoms with Crippen molar-refractivity contribution in [3.8, 4) is 0 Å². The van der Waals surface area contributed by atoms with Crippen LogP contribution in [-0.4, -0.2) is 24.8 Å². The van der Waals surface area contributed by atoms with Gasteiger partial charge < -0.3 is 0 Å². The van der Waals surface area contributed by atoms with Gasteiger partial charge in [0.05, 0.1) is 0 Å². The number of hydrogen-bond donors (Lipinski definition) is 1. The number of aromatic nitrogens is 5. The van der Waals surface area contributed by atoms with Crippen LogP contribution in [0.3, 0.4) is 0 Å². The topological polar surface area (TPSA) is 75.9 Å². The van der Waals surface area contributed by atoms with Crippen molar-refractivity contribution >= 4 is 17.4 Å². The molecule has 7 heteroatoms. The second kappa shape index (κ2) is 4.61. The van der Waals surface area contributed by atoms with E-state index in [-0.39, 0.29) is 5.69 Å². The molecule has 0 atom stereocenters. The van der Waals surface area contributed by atoms with Gasteiger partial charge in [0.1, 0.15) is 6.33 Å². The van der Waals surface area contributed by atoms with Crippen LogP contribution in [0.5, 0.6) is 0 Å². The quantitative estimate of drug-likeness (QED) is 0.713. The van der Waals surface area contributed by atoms with E-state index in [1.54, 1.807) is 0 Å².